The van der Waals surface area contributed by atoms with Crippen molar-refractivity contribution >= 4 is 16.9 Å². The summed E-state index contributed by atoms with van der Waals surface area (Å²) in [4.78, 5) is 10.1. The van der Waals surface area contributed by atoms with E-state index < -0.39 is 0 Å². The standard InChI is InChI=1S/C18H26N4/c1-14-8-11-22(12-9-14)18(19)20-10-4-5-15-13-21-17-7-3-2-6-16(15)17/h2-3,6-7,13-14,21H,4-5,8-12H2,1H3,(H2,19,20). The zero-order chi connectivity index (χ0) is 15.4. The van der Waals surface area contributed by atoms with Crippen LogP contribution < -0.4 is 5.73 Å². The minimum atomic E-state index is 0.728. The molecule has 0 unspecified atom stereocenters. The van der Waals surface area contributed by atoms with Crippen molar-refractivity contribution in [2.45, 2.75) is 32.6 Å². The number of nitrogens with one attached hydrogen (secondary N) is 1. The number of H-pyrrole nitrogens is 1. The Morgan fingerprint density at radius 1 is 1.32 bits per heavy atom. The first-order valence-electron chi connectivity index (χ1n) is 8.34. The number of nitrogens with two attached hydrogens (primary N) is 1. The molecule has 3 rings (SSSR count). The van der Waals surface area contributed by atoms with Crippen LogP contribution in [0, 0.1) is 5.92 Å². The first-order chi connectivity index (χ1) is 10.7. The minimum absolute atomic E-state index is 0.728. The number of nitrogens with zero attached hydrogens (tertiary/aromatic N) is 2. The summed E-state index contributed by atoms with van der Waals surface area (Å²) >= 11 is 0. The molecule has 1 aliphatic heterocycles. The third-order valence-corrected chi connectivity index (χ3v) is 4.66. The molecular formula is C18H26N4. The SMILES string of the molecule is CC1CCN(C(N)=NCCCc2c[nH]c3ccccc23)CC1. The van der Waals surface area contributed by atoms with Gasteiger partial charge in [0.2, 0.25) is 0 Å². The van der Waals surface area contributed by atoms with Gasteiger partial charge in [-0.1, -0.05) is 25.1 Å². The van der Waals surface area contributed by atoms with E-state index >= 15 is 0 Å². The smallest absolute Gasteiger partial charge is 0.191 e. The molecule has 1 aromatic heterocycles. The molecule has 4 nitrogen and oxygen atoms in total. The van der Waals surface area contributed by atoms with E-state index in [0.29, 0.717) is 0 Å². The Hall–Kier alpha value is -1.97. The van der Waals surface area contributed by atoms with Crippen molar-refractivity contribution in [2.75, 3.05) is 19.6 Å². The number of hydrogen-bond acceptors (Lipinski definition) is 1. The van der Waals surface area contributed by atoms with Gasteiger partial charge in [0.05, 0.1) is 0 Å². The van der Waals surface area contributed by atoms with Gasteiger partial charge in [0.15, 0.2) is 5.96 Å². The van der Waals surface area contributed by atoms with E-state index in [-0.39, 0.29) is 0 Å². The molecule has 0 amide bonds. The van der Waals surface area contributed by atoms with Gasteiger partial charge in [-0.15, -0.1) is 0 Å². The topological polar surface area (TPSA) is 57.4 Å². The number of rotatable bonds is 4. The number of benzene rings is 1. The summed E-state index contributed by atoms with van der Waals surface area (Å²) in [6, 6.07) is 8.44. The van der Waals surface area contributed by atoms with E-state index in [9.17, 15) is 0 Å². The second kappa shape index (κ2) is 6.86. The molecule has 0 radical (unpaired) electrons. The quantitative estimate of drug-likeness (QED) is 0.517. The lowest BCUT2D eigenvalue weighted by Crippen LogP contribution is -2.42. The van der Waals surface area contributed by atoms with Crippen LogP contribution in [0.3, 0.4) is 0 Å². The highest BCUT2D eigenvalue weighted by atomic mass is 15.3. The van der Waals surface area contributed by atoms with Crippen LogP contribution in [0.25, 0.3) is 10.9 Å². The molecule has 1 aliphatic rings. The van der Waals surface area contributed by atoms with E-state index in [1.165, 1.54) is 29.3 Å². The molecule has 2 aromatic rings. The number of likely N-dealkylation sites (tertiary alicyclic amines) is 1. The normalized spacial score (nSPS) is 17.3. The number of aromatic nitrogens is 1. The molecule has 1 saturated heterocycles. The summed E-state index contributed by atoms with van der Waals surface area (Å²) in [7, 11) is 0. The zero-order valence-electron chi connectivity index (χ0n) is 13.4. The van der Waals surface area contributed by atoms with E-state index in [2.05, 4.69) is 52.3 Å². The monoisotopic (exact) mass is 298 g/mol. The van der Waals surface area contributed by atoms with E-state index in [0.717, 1.165) is 44.4 Å². The predicted molar refractivity (Wildman–Crippen MR) is 93.1 cm³/mol. The Kier molecular flexibility index (Phi) is 4.66. The fourth-order valence-corrected chi connectivity index (χ4v) is 3.14. The zero-order valence-corrected chi connectivity index (χ0v) is 13.4. The number of hydrogen-bond donors (Lipinski definition) is 2. The largest absolute Gasteiger partial charge is 0.370 e. The van der Waals surface area contributed by atoms with Crippen LogP contribution in [-0.4, -0.2) is 35.5 Å². The molecule has 3 N–H and O–H groups in total. The molecule has 0 bridgehead atoms. The maximum absolute atomic E-state index is 6.11. The number of para-hydroxylation sites is 1. The second-order valence-electron chi connectivity index (χ2n) is 6.37. The van der Waals surface area contributed by atoms with Crippen LogP contribution in [0.5, 0.6) is 0 Å². The molecule has 0 spiro atoms. The molecule has 1 aromatic carbocycles. The Labute approximate surface area is 132 Å². The van der Waals surface area contributed by atoms with Crippen LogP contribution in [0.2, 0.25) is 0 Å². The number of guanidine groups is 1. The van der Waals surface area contributed by atoms with E-state index in [4.69, 9.17) is 5.73 Å². The molecule has 2 heterocycles. The molecule has 4 heteroatoms. The van der Waals surface area contributed by atoms with Gasteiger partial charge in [0.25, 0.3) is 0 Å². The number of aliphatic imine (C=N–C) groups is 1. The van der Waals surface area contributed by atoms with Crippen LogP contribution in [0.1, 0.15) is 31.7 Å². The minimum Gasteiger partial charge on any atom is -0.370 e. The maximum Gasteiger partial charge on any atom is 0.191 e. The molecule has 1 fully saturated rings. The third kappa shape index (κ3) is 3.43. The average Bonchev–Trinajstić information content (AvgIpc) is 2.95. The first kappa shape index (κ1) is 14.9. The van der Waals surface area contributed by atoms with Crippen LogP contribution in [0.4, 0.5) is 0 Å². The second-order valence-corrected chi connectivity index (χ2v) is 6.37. The third-order valence-electron chi connectivity index (χ3n) is 4.66. The molecule has 0 saturated carbocycles. The maximum atomic E-state index is 6.11. The van der Waals surface area contributed by atoms with Crippen molar-refractivity contribution in [1.82, 2.24) is 9.88 Å². The van der Waals surface area contributed by atoms with Crippen molar-refractivity contribution < 1.29 is 0 Å². The summed E-state index contributed by atoms with van der Waals surface area (Å²) < 4.78 is 0. The fraction of sp³-hybridized carbons (Fsp3) is 0.500. The van der Waals surface area contributed by atoms with Gasteiger partial charge < -0.3 is 15.6 Å². The molecular weight excluding hydrogens is 272 g/mol. The number of aryl methyl sites for hydroxylation is 1. The van der Waals surface area contributed by atoms with Gasteiger partial charge in [-0.05, 0) is 43.2 Å². The van der Waals surface area contributed by atoms with Crippen molar-refractivity contribution in [3.63, 3.8) is 0 Å². The Balaban J connectivity index is 1.49. The van der Waals surface area contributed by atoms with Crippen LogP contribution in [-0.2, 0) is 6.42 Å². The molecule has 22 heavy (non-hydrogen) atoms. The lowest BCUT2D eigenvalue weighted by Gasteiger charge is -2.31. The first-order valence-corrected chi connectivity index (χ1v) is 8.34. The Morgan fingerprint density at radius 3 is 2.91 bits per heavy atom. The van der Waals surface area contributed by atoms with Crippen molar-refractivity contribution in [1.29, 1.82) is 0 Å². The molecule has 0 aliphatic carbocycles. The van der Waals surface area contributed by atoms with Gasteiger partial charge in [0, 0.05) is 36.7 Å². The molecule has 0 atom stereocenters. The summed E-state index contributed by atoms with van der Waals surface area (Å²) in [5.74, 6) is 1.55. The Morgan fingerprint density at radius 2 is 2.09 bits per heavy atom. The Bertz CT molecular complexity index is 635. The number of aromatic amines is 1. The predicted octanol–water partition coefficient (Wildman–Crippen LogP) is 3.15. The number of fused-ring (bicyclic) bond motifs is 1. The van der Waals surface area contributed by atoms with Gasteiger partial charge in [-0.25, -0.2) is 0 Å². The number of piperidine rings is 1. The van der Waals surface area contributed by atoms with Gasteiger partial charge in [-0.2, -0.15) is 0 Å². The lowest BCUT2D eigenvalue weighted by atomic mass is 10.00. The van der Waals surface area contributed by atoms with E-state index in [1.54, 1.807) is 0 Å². The van der Waals surface area contributed by atoms with Crippen molar-refractivity contribution in [3.8, 4) is 0 Å². The van der Waals surface area contributed by atoms with Gasteiger partial charge in [-0.3, -0.25) is 4.99 Å². The van der Waals surface area contributed by atoms with Crippen LogP contribution >= 0.6 is 0 Å². The average molecular weight is 298 g/mol. The fourth-order valence-electron chi connectivity index (χ4n) is 3.14. The highest BCUT2D eigenvalue weighted by molar-refractivity contribution is 5.83. The lowest BCUT2D eigenvalue weighted by molar-refractivity contribution is 0.277. The molecule has 118 valence electrons. The van der Waals surface area contributed by atoms with E-state index in [1.807, 2.05) is 0 Å². The van der Waals surface area contributed by atoms with Crippen molar-refractivity contribution in [2.24, 2.45) is 16.6 Å². The highest BCUT2D eigenvalue weighted by Crippen LogP contribution is 2.19. The van der Waals surface area contributed by atoms with Crippen LogP contribution in [0.15, 0.2) is 35.5 Å². The summed E-state index contributed by atoms with van der Waals surface area (Å²) in [6.07, 6.45) is 6.64. The van der Waals surface area contributed by atoms with Crippen molar-refractivity contribution in [3.05, 3.63) is 36.0 Å². The van der Waals surface area contributed by atoms with Gasteiger partial charge in [0.1, 0.15) is 0 Å². The highest BCUT2D eigenvalue weighted by Gasteiger charge is 2.16. The summed E-state index contributed by atoms with van der Waals surface area (Å²) in [5, 5.41) is 1.32. The summed E-state index contributed by atoms with van der Waals surface area (Å²) in [5.41, 5.74) is 8.70. The summed E-state index contributed by atoms with van der Waals surface area (Å²) in [6.45, 7) is 5.22. The van der Waals surface area contributed by atoms with Gasteiger partial charge >= 0.3 is 0 Å².